The Morgan fingerprint density at radius 2 is 1.27 bits per heavy atom. The Morgan fingerprint density at radius 3 is 1.88 bits per heavy atom. The number of methoxy groups -OCH3 is 1. The number of carbonyl (C=O) groups excluding carboxylic acids is 2. The van der Waals surface area contributed by atoms with Crippen LogP contribution in [0, 0.1) is 6.92 Å². The minimum absolute atomic E-state index is 0. The van der Waals surface area contributed by atoms with E-state index in [0.717, 1.165) is 12.1 Å². The van der Waals surface area contributed by atoms with Crippen molar-refractivity contribution in [2.45, 2.75) is 27.4 Å². The molecule has 0 N–H and O–H groups in total. The number of esters is 2. The van der Waals surface area contributed by atoms with Crippen molar-refractivity contribution in [3.05, 3.63) is 71.2 Å². The number of hydrogen-bond acceptors (Lipinski definition) is 17. The summed E-state index contributed by atoms with van der Waals surface area (Å²) in [6, 6.07) is 10.1. The van der Waals surface area contributed by atoms with E-state index in [1.165, 1.54) is 43.5 Å². The van der Waals surface area contributed by atoms with Crippen LogP contribution in [0.2, 0.25) is 0 Å². The zero-order valence-corrected chi connectivity index (χ0v) is 34.1. The average Bonchev–Trinajstić information content (AvgIpc) is 3.53. The molecule has 3 aromatic carbocycles. The van der Waals surface area contributed by atoms with Crippen LogP contribution in [0.3, 0.4) is 0 Å². The number of carbonyl (C=O) groups is 2. The van der Waals surface area contributed by atoms with Gasteiger partial charge in [-0.2, -0.15) is 0 Å². The van der Waals surface area contributed by atoms with Gasteiger partial charge in [0.05, 0.1) is 20.3 Å². The Hall–Kier alpha value is -3.50. The maximum Gasteiger partial charge on any atom is 1.00 e. The molecular formula is C31H26Na2O17S2. The summed E-state index contributed by atoms with van der Waals surface area (Å²) in [4.78, 5) is 26.0. The van der Waals surface area contributed by atoms with E-state index in [1.54, 1.807) is 20.8 Å². The van der Waals surface area contributed by atoms with E-state index in [1.807, 2.05) is 0 Å². The van der Waals surface area contributed by atoms with Crippen LogP contribution in [0.1, 0.15) is 46.1 Å². The number of hydrogen-bond donors (Lipinski definition) is 0. The Morgan fingerprint density at radius 1 is 0.712 bits per heavy atom. The van der Waals surface area contributed by atoms with E-state index in [-0.39, 0.29) is 146 Å². The van der Waals surface area contributed by atoms with E-state index in [2.05, 4.69) is 8.37 Å². The first-order valence-electron chi connectivity index (χ1n) is 14.4. The number of benzene rings is 3. The van der Waals surface area contributed by atoms with Crippen LogP contribution in [-0.4, -0.2) is 58.2 Å². The first-order chi connectivity index (χ1) is 23.6. The maximum atomic E-state index is 13.1. The van der Waals surface area contributed by atoms with Crippen LogP contribution in [0.5, 0.6) is 34.5 Å². The second-order valence-corrected chi connectivity index (χ2v) is 12.0. The molecule has 0 saturated heterocycles. The van der Waals surface area contributed by atoms with Gasteiger partial charge in [-0.3, -0.25) is 0 Å². The molecule has 17 nitrogen and oxygen atoms in total. The number of fused-ring (bicyclic) bond motifs is 2. The molecule has 0 fully saturated rings. The summed E-state index contributed by atoms with van der Waals surface area (Å²) in [6.45, 7) is 4.24. The molecule has 0 aliphatic rings. The maximum absolute atomic E-state index is 13.1. The minimum atomic E-state index is -5.24. The zero-order chi connectivity index (χ0) is 36.4. The molecule has 0 bridgehead atoms. The van der Waals surface area contributed by atoms with Crippen LogP contribution in [0.25, 0.3) is 21.9 Å². The van der Waals surface area contributed by atoms with Crippen LogP contribution in [0.4, 0.5) is 0 Å². The molecule has 21 heteroatoms. The summed E-state index contributed by atoms with van der Waals surface area (Å²) >= 11 is 0. The largest absolute Gasteiger partial charge is 1.00 e. The third kappa shape index (κ3) is 10.1. The van der Waals surface area contributed by atoms with Gasteiger partial charge >= 0.3 is 71.1 Å². The fraction of sp³-hybridized carbons (Fsp3) is 0.226. The van der Waals surface area contributed by atoms with E-state index in [9.17, 15) is 35.5 Å². The van der Waals surface area contributed by atoms with Crippen molar-refractivity contribution in [1.82, 2.24) is 0 Å². The van der Waals surface area contributed by atoms with Gasteiger partial charge in [0.25, 0.3) is 20.8 Å². The number of rotatable bonds is 14. The monoisotopic (exact) mass is 780 g/mol. The van der Waals surface area contributed by atoms with Crippen LogP contribution < -0.4 is 81.7 Å². The Kier molecular flexibility index (Phi) is 14.5. The average molecular weight is 781 g/mol. The predicted molar refractivity (Wildman–Crippen MR) is 167 cm³/mol. The van der Waals surface area contributed by atoms with Crippen molar-refractivity contribution in [2.75, 3.05) is 20.3 Å². The van der Waals surface area contributed by atoms with E-state index in [4.69, 9.17) is 32.5 Å². The topological polar surface area (TPSA) is 239 Å². The normalized spacial score (nSPS) is 11.3. The third-order valence-electron chi connectivity index (χ3n) is 6.72. The predicted octanol–water partition coefficient (Wildman–Crippen LogP) is -1.09. The molecule has 0 aliphatic carbocycles. The SMILES string of the molecule is CCOC(=O)c1c(C)oc2cc(Oc3cccc(OS(=O)(=O)[O-])c3)c(OCc3oc4cc(OC)c(OS(=O)(=O)[O-])cc4c3C(=O)OCC)cc12.[Na+].[Na+]. The van der Waals surface area contributed by atoms with Crippen LogP contribution in [-0.2, 0) is 36.9 Å². The third-order valence-corrected chi connectivity index (χ3v) is 7.50. The molecule has 0 aliphatic heterocycles. The van der Waals surface area contributed by atoms with Gasteiger partial charge < -0.3 is 50.0 Å². The molecule has 0 atom stereocenters. The summed E-state index contributed by atoms with van der Waals surface area (Å²) in [6.07, 6.45) is 0. The molecule has 0 spiro atoms. The fourth-order valence-electron chi connectivity index (χ4n) is 4.87. The summed E-state index contributed by atoms with van der Waals surface area (Å²) in [5.74, 6) is -2.65. The molecule has 0 saturated carbocycles. The summed E-state index contributed by atoms with van der Waals surface area (Å²) < 4.78 is 116. The molecule has 266 valence electrons. The van der Waals surface area contributed by atoms with Gasteiger partial charge in [0.15, 0.2) is 28.8 Å². The number of furan rings is 2. The molecule has 2 heterocycles. The summed E-state index contributed by atoms with van der Waals surface area (Å²) in [5.41, 5.74) is 0.0760. The van der Waals surface area contributed by atoms with Gasteiger partial charge in [0, 0.05) is 29.0 Å². The Labute approximate surface area is 340 Å². The summed E-state index contributed by atoms with van der Waals surface area (Å²) in [7, 11) is -9.16. The van der Waals surface area contributed by atoms with Crippen molar-refractivity contribution in [1.29, 1.82) is 0 Å². The molecule has 0 radical (unpaired) electrons. The Bertz CT molecular complexity index is 2330. The molecule has 0 unspecified atom stereocenters. The summed E-state index contributed by atoms with van der Waals surface area (Å²) in [5, 5.41) is 0.257. The van der Waals surface area contributed by atoms with E-state index in [0.29, 0.717) is 0 Å². The Balaban J connectivity index is 0.00000364. The molecular weight excluding hydrogens is 754 g/mol. The quantitative estimate of drug-likeness (QED) is 0.0563. The van der Waals surface area contributed by atoms with Crippen molar-refractivity contribution >= 4 is 54.7 Å². The zero-order valence-electron chi connectivity index (χ0n) is 28.5. The van der Waals surface area contributed by atoms with E-state index >= 15 is 0 Å². The van der Waals surface area contributed by atoms with Gasteiger partial charge in [-0.1, -0.05) is 6.07 Å². The van der Waals surface area contributed by atoms with Crippen molar-refractivity contribution in [3.63, 3.8) is 0 Å². The van der Waals surface area contributed by atoms with Gasteiger partial charge in [-0.05, 0) is 45.0 Å². The van der Waals surface area contributed by atoms with Gasteiger partial charge in [-0.25, -0.2) is 26.4 Å². The standard InChI is InChI=1S/C31H28O17S2.2Na/c1-5-41-30(32)28-16(3)44-21-14-25(45-17-8-7-9-18(10-17)47-49(34,35)36)24(11-19(21)28)43-15-27-29(31(33)42-6-2)20-12-26(48-50(37,38)39)23(40-4)13-22(20)46-27;;/h7-14H,5-6,15H2,1-4H3,(H,34,35,36)(H,37,38,39);;/q;2*+1/p-2. The number of aryl methyl sites for hydroxylation is 1. The first kappa shape index (κ1) is 42.9. The first-order valence-corrected chi connectivity index (χ1v) is 17.0. The number of ether oxygens (including phenoxy) is 5. The van der Waals surface area contributed by atoms with Gasteiger partial charge in [-0.15, -0.1) is 0 Å². The second-order valence-electron chi connectivity index (χ2n) is 10.0. The van der Waals surface area contributed by atoms with Crippen LogP contribution >= 0.6 is 0 Å². The molecule has 0 amide bonds. The fourth-order valence-corrected chi connectivity index (χ4v) is 5.56. The molecule has 2 aromatic heterocycles. The van der Waals surface area contributed by atoms with Crippen molar-refractivity contribution in [2.24, 2.45) is 0 Å². The van der Waals surface area contributed by atoms with Crippen LogP contribution in [0.15, 0.2) is 57.4 Å². The van der Waals surface area contributed by atoms with Crippen molar-refractivity contribution < 1.29 is 136 Å². The van der Waals surface area contributed by atoms with Crippen molar-refractivity contribution in [3.8, 4) is 34.5 Å². The van der Waals surface area contributed by atoms with Gasteiger partial charge in [0.2, 0.25) is 0 Å². The molecule has 5 aromatic rings. The van der Waals surface area contributed by atoms with Gasteiger partial charge in [0.1, 0.15) is 46.2 Å². The molecule has 5 rings (SSSR count). The molecule has 52 heavy (non-hydrogen) atoms. The van der Waals surface area contributed by atoms with E-state index < -0.39 is 45.1 Å². The smallest absolute Gasteiger partial charge is 0.716 e. The minimum Gasteiger partial charge on any atom is -0.716 e. The second kappa shape index (κ2) is 17.5.